The molecule has 0 amide bonds. The zero-order chi connectivity index (χ0) is 13.2. The van der Waals surface area contributed by atoms with Gasteiger partial charge in [0.15, 0.2) is 5.82 Å². The average Bonchev–Trinajstić information content (AvgIpc) is 2.74. The molecule has 0 atom stereocenters. The van der Waals surface area contributed by atoms with Gasteiger partial charge in [-0.05, 0) is 46.6 Å². The van der Waals surface area contributed by atoms with Gasteiger partial charge in [0.25, 0.3) is 0 Å². The molecular weight excluding hydrogens is 337 g/mol. The minimum absolute atomic E-state index is 0.328. The van der Waals surface area contributed by atoms with Gasteiger partial charge in [-0.3, -0.25) is 4.68 Å². The van der Waals surface area contributed by atoms with Gasteiger partial charge in [0.05, 0.1) is 0 Å². The molecule has 18 heavy (non-hydrogen) atoms. The molecule has 1 heterocycles. The number of hydrogen-bond acceptors (Lipinski definition) is 2. The topological polar surface area (TPSA) is 30.7 Å². The standard InChI is InChI=1S/C14H18IN3/c1-14(2,3)7-8-18-10-16-13(17-18)11-5-4-6-12(15)9-11/h4-6,9-10H,7-8H2,1-3H3. The molecule has 1 aromatic carbocycles. The van der Waals surface area contributed by atoms with Gasteiger partial charge in [-0.25, -0.2) is 4.98 Å². The van der Waals surface area contributed by atoms with Crippen LogP contribution in [-0.4, -0.2) is 14.8 Å². The molecular formula is C14H18IN3. The molecule has 2 rings (SSSR count). The smallest absolute Gasteiger partial charge is 0.181 e. The summed E-state index contributed by atoms with van der Waals surface area (Å²) in [6, 6.07) is 8.25. The minimum Gasteiger partial charge on any atom is -0.252 e. The summed E-state index contributed by atoms with van der Waals surface area (Å²) in [6.07, 6.45) is 2.92. The van der Waals surface area contributed by atoms with Crippen molar-refractivity contribution in [2.75, 3.05) is 0 Å². The largest absolute Gasteiger partial charge is 0.252 e. The van der Waals surface area contributed by atoms with E-state index in [2.05, 4.69) is 65.6 Å². The third kappa shape index (κ3) is 3.80. The van der Waals surface area contributed by atoms with Crippen molar-refractivity contribution >= 4 is 22.6 Å². The van der Waals surface area contributed by atoms with E-state index in [0.29, 0.717) is 5.41 Å². The quantitative estimate of drug-likeness (QED) is 0.780. The van der Waals surface area contributed by atoms with Gasteiger partial charge >= 0.3 is 0 Å². The van der Waals surface area contributed by atoms with Crippen molar-refractivity contribution in [1.29, 1.82) is 0 Å². The van der Waals surface area contributed by atoms with Crippen LogP contribution in [0.2, 0.25) is 0 Å². The SMILES string of the molecule is CC(C)(C)CCn1cnc(-c2cccc(I)c2)n1. The zero-order valence-electron chi connectivity index (χ0n) is 11.0. The van der Waals surface area contributed by atoms with Crippen molar-refractivity contribution in [3.63, 3.8) is 0 Å². The fourth-order valence-electron chi connectivity index (χ4n) is 1.61. The Morgan fingerprint density at radius 1 is 1.28 bits per heavy atom. The van der Waals surface area contributed by atoms with Crippen molar-refractivity contribution in [3.8, 4) is 11.4 Å². The number of benzene rings is 1. The molecule has 0 saturated carbocycles. The molecule has 0 bridgehead atoms. The average molecular weight is 355 g/mol. The van der Waals surface area contributed by atoms with Crippen molar-refractivity contribution in [2.45, 2.75) is 33.7 Å². The van der Waals surface area contributed by atoms with E-state index in [1.54, 1.807) is 0 Å². The van der Waals surface area contributed by atoms with Crippen molar-refractivity contribution in [3.05, 3.63) is 34.2 Å². The fourth-order valence-corrected chi connectivity index (χ4v) is 2.16. The summed E-state index contributed by atoms with van der Waals surface area (Å²) in [5, 5.41) is 4.53. The van der Waals surface area contributed by atoms with Crippen LogP contribution in [0.5, 0.6) is 0 Å². The Kier molecular flexibility index (Phi) is 4.04. The summed E-state index contributed by atoms with van der Waals surface area (Å²) >= 11 is 2.30. The van der Waals surface area contributed by atoms with Crippen molar-refractivity contribution in [2.24, 2.45) is 5.41 Å². The highest BCUT2D eigenvalue weighted by atomic mass is 127. The number of nitrogens with zero attached hydrogens (tertiary/aromatic N) is 3. The van der Waals surface area contributed by atoms with Crippen LogP contribution < -0.4 is 0 Å². The van der Waals surface area contributed by atoms with E-state index in [-0.39, 0.29) is 0 Å². The third-order valence-corrected chi connectivity index (χ3v) is 3.38. The molecule has 1 aromatic heterocycles. The van der Waals surface area contributed by atoms with E-state index in [0.717, 1.165) is 24.4 Å². The first-order valence-electron chi connectivity index (χ1n) is 6.09. The third-order valence-electron chi connectivity index (χ3n) is 2.71. The van der Waals surface area contributed by atoms with Crippen LogP contribution in [0.4, 0.5) is 0 Å². The number of aromatic nitrogens is 3. The van der Waals surface area contributed by atoms with Crippen LogP contribution in [0.25, 0.3) is 11.4 Å². The normalized spacial score (nSPS) is 11.8. The van der Waals surface area contributed by atoms with E-state index in [9.17, 15) is 0 Å². The summed E-state index contributed by atoms with van der Waals surface area (Å²) < 4.78 is 3.14. The second-order valence-electron chi connectivity index (χ2n) is 5.65. The van der Waals surface area contributed by atoms with Crippen LogP contribution >= 0.6 is 22.6 Å². The maximum Gasteiger partial charge on any atom is 0.181 e. The number of aryl methyl sites for hydroxylation is 1. The van der Waals surface area contributed by atoms with Crippen molar-refractivity contribution in [1.82, 2.24) is 14.8 Å². The highest BCUT2D eigenvalue weighted by Gasteiger charge is 2.11. The predicted molar refractivity (Wildman–Crippen MR) is 82.2 cm³/mol. The van der Waals surface area contributed by atoms with E-state index >= 15 is 0 Å². The Bertz CT molecular complexity index is 526. The second kappa shape index (κ2) is 5.38. The van der Waals surface area contributed by atoms with Gasteiger partial charge in [0, 0.05) is 15.7 Å². The molecule has 2 aromatic rings. The molecule has 0 unspecified atom stereocenters. The van der Waals surface area contributed by atoms with Gasteiger partial charge < -0.3 is 0 Å². The van der Waals surface area contributed by atoms with E-state index in [1.807, 2.05) is 23.1 Å². The van der Waals surface area contributed by atoms with Gasteiger partial charge in [0.2, 0.25) is 0 Å². The molecule has 0 radical (unpaired) electrons. The summed E-state index contributed by atoms with van der Waals surface area (Å²) in [7, 11) is 0. The Morgan fingerprint density at radius 2 is 2.06 bits per heavy atom. The van der Waals surface area contributed by atoms with Crippen LogP contribution in [0, 0.1) is 8.99 Å². The summed E-state index contributed by atoms with van der Waals surface area (Å²) in [6.45, 7) is 7.64. The molecule has 3 nitrogen and oxygen atoms in total. The molecule has 0 fully saturated rings. The first-order chi connectivity index (χ1) is 8.44. The Balaban J connectivity index is 2.11. The molecule has 0 aliphatic rings. The van der Waals surface area contributed by atoms with Gasteiger partial charge in [-0.15, -0.1) is 0 Å². The first-order valence-corrected chi connectivity index (χ1v) is 7.17. The van der Waals surface area contributed by atoms with E-state index < -0.39 is 0 Å². The second-order valence-corrected chi connectivity index (χ2v) is 6.90. The Hall–Kier alpha value is -0.910. The lowest BCUT2D eigenvalue weighted by molar-refractivity contribution is 0.341. The molecule has 0 saturated heterocycles. The van der Waals surface area contributed by atoms with Crippen LogP contribution in [-0.2, 0) is 6.54 Å². The number of hydrogen-bond donors (Lipinski definition) is 0. The number of rotatable bonds is 3. The lowest BCUT2D eigenvalue weighted by atomic mass is 9.92. The molecule has 0 N–H and O–H groups in total. The maximum atomic E-state index is 4.53. The highest BCUT2D eigenvalue weighted by molar-refractivity contribution is 14.1. The van der Waals surface area contributed by atoms with Gasteiger partial charge in [-0.1, -0.05) is 32.9 Å². The summed E-state index contributed by atoms with van der Waals surface area (Å²) in [4.78, 5) is 4.38. The van der Waals surface area contributed by atoms with Gasteiger partial charge in [-0.2, -0.15) is 5.10 Å². The van der Waals surface area contributed by atoms with E-state index in [1.165, 1.54) is 3.57 Å². The molecule has 96 valence electrons. The van der Waals surface area contributed by atoms with Gasteiger partial charge in [0.1, 0.15) is 6.33 Å². The minimum atomic E-state index is 0.328. The molecule has 4 heteroatoms. The van der Waals surface area contributed by atoms with E-state index in [4.69, 9.17) is 0 Å². The van der Waals surface area contributed by atoms with Crippen LogP contribution in [0.3, 0.4) is 0 Å². The summed E-state index contributed by atoms with van der Waals surface area (Å²) in [5.41, 5.74) is 1.41. The van der Waals surface area contributed by atoms with Crippen LogP contribution in [0.1, 0.15) is 27.2 Å². The van der Waals surface area contributed by atoms with Crippen molar-refractivity contribution < 1.29 is 0 Å². The predicted octanol–water partition coefficient (Wildman–Crippen LogP) is 3.99. The molecule has 0 aliphatic carbocycles. The molecule has 0 aliphatic heterocycles. The lowest BCUT2D eigenvalue weighted by Gasteiger charge is -2.17. The number of halogens is 1. The maximum absolute atomic E-state index is 4.53. The zero-order valence-corrected chi connectivity index (χ0v) is 13.2. The Morgan fingerprint density at radius 3 is 2.72 bits per heavy atom. The highest BCUT2D eigenvalue weighted by Crippen LogP contribution is 2.20. The monoisotopic (exact) mass is 355 g/mol. The van der Waals surface area contributed by atoms with Crippen LogP contribution in [0.15, 0.2) is 30.6 Å². The molecule has 0 spiro atoms. The lowest BCUT2D eigenvalue weighted by Crippen LogP contribution is -2.10. The first kappa shape index (κ1) is 13.5. The Labute approximate surface area is 122 Å². The summed E-state index contributed by atoms with van der Waals surface area (Å²) in [5.74, 6) is 0.808. The fraction of sp³-hybridized carbons (Fsp3) is 0.429.